The van der Waals surface area contributed by atoms with Gasteiger partial charge >= 0.3 is 0 Å². The van der Waals surface area contributed by atoms with E-state index < -0.39 is 10.0 Å². The monoisotopic (exact) mass is 424 g/mol. The van der Waals surface area contributed by atoms with E-state index in [1.54, 1.807) is 6.07 Å². The number of rotatable bonds is 8. The number of hydrogen-bond acceptors (Lipinski definition) is 6. The molecule has 1 N–H and O–H groups in total. The van der Waals surface area contributed by atoms with Crippen molar-refractivity contribution in [1.29, 1.82) is 0 Å². The maximum atomic E-state index is 12.8. The number of sulfonamides is 1. The zero-order chi connectivity index (χ0) is 20.9. The van der Waals surface area contributed by atoms with Crippen molar-refractivity contribution in [3.8, 4) is 5.75 Å². The molecule has 29 heavy (non-hydrogen) atoms. The Bertz CT molecular complexity index is 801. The molecule has 2 aliphatic heterocycles. The van der Waals surface area contributed by atoms with Crippen LogP contribution in [0.1, 0.15) is 29.6 Å². The number of nitrogens with one attached hydrogen (secondary N) is 1. The molecule has 1 aromatic carbocycles. The Hall–Kier alpha value is -1.68. The van der Waals surface area contributed by atoms with Crippen LogP contribution in [-0.4, -0.2) is 94.9 Å². The van der Waals surface area contributed by atoms with Crippen molar-refractivity contribution in [1.82, 2.24) is 19.4 Å². The average Bonchev–Trinajstić information content (AvgIpc) is 3.27. The smallest absolute Gasteiger partial charge is 0.255 e. The molecule has 9 heteroatoms. The van der Waals surface area contributed by atoms with Gasteiger partial charge in [0.1, 0.15) is 5.75 Å². The minimum Gasteiger partial charge on any atom is -0.496 e. The number of ether oxygens (including phenoxy) is 1. The van der Waals surface area contributed by atoms with E-state index >= 15 is 0 Å². The van der Waals surface area contributed by atoms with Gasteiger partial charge in [-0.1, -0.05) is 0 Å². The van der Waals surface area contributed by atoms with Gasteiger partial charge in [0.05, 0.1) is 17.6 Å². The van der Waals surface area contributed by atoms with Crippen LogP contribution in [-0.2, 0) is 10.0 Å². The summed E-state index contributed by atoms with van der Waals surface area (Å²) >= 11 is 0. The molecule has 2 fully saturated rings. The van der Waals surface area contributed by atoms with Crippen molar-refractivity contribution in [2.75, 3.05) is 66.5 Å². The molecule has 2 saturated heterocycles. The second-order valence-corrected chi connectivity index (χ2v) is 9.67. The summed E-state index contributed by atoms with van der Waals surface area (Å²) in [5.41, 5.74) is 0.257. The number of nitrogens with zero attached hydrogens (tertiary/aromatic N) is 3. The van der Waals surface area contributed by atoms with Crippen LogP contribution in [0, 0.1) is 0 Å². The molecule has 2 heterocycles. The number of hydrogen-bond donors (Lipinski definition) is 1. The summed E-state index contributed by atoms with van der Waals surface area (Å²) in [4.78, 5) is 17.6. The van der Waals surface area contributed by atoms with Crippen LogP contribution in [0.2, 0.25) is 0 Å². The Balaban J connectivity index is 1.60. The number of carbonyl (C=O) groups excluding carboxylic acids is 1. The first-order chi connectivity index (χ1) is 13.9. The summed E-state index contributed by atoms with van der Waals surface area (Å²) in [6.45, 7) is 6.78. The lowest BCUT2D eigenvalue weighted by molar-refractivity contribution is 0.0946. The summed E-state index contributed by atoms with van der Waals surface area (Å²) in [5.74, 6) is 0.0700. The topological polar surface area (TPSA) is 82.2 Å². The quantitative estimate of drug-likeness (QED) is 0.623. The first-order valence-electron chi connectivity index (χ1n) is 10.3. The van der Waals surface area contributed by atoms with Crippen LogP contribution < -0.4 is 10.1 Å². The predicted octanol–water partition coefficient (Wildman–Crippen LogP) is 0.847. The summed E-state index contributed by atoms with van der Waals surface area (Å²) in [6, 6.07) is 4.50. The lowest BCUT2D eigenvalue weighted by Crippen LogP contribution is -2.45. The van der Waals surface area contributed by atoms with Crippen molar-refractivity contribution in [3.05, 3.63) is 23.8 Å². The van der Waals surface area contributed by atoms with Crippen LogP contribution in [0.3, 0.4) is 0 Å². The van der Waals surface area contributed by atoms with Gasteiger partial charge in [0.2, 0.25) is 10.0 Å². The number of piperazine rings is 1. The van der Waals surface area contributed by atoms with Crippen LogP contribution >= 0.6 is 0 Å². The van der Waals surface area contributed by atoms with Gasteiger partial charge in [0.25, 0.3) is 5.91 Å². The molecule has 1 aromatic rings. The number of benzene rings is 1. The first-order valence-corrected chi connectivity index (χ1v) is 11.7. The zero-order valence-electron chi connectivity index (χ0n) is 17.4. The van der Waals surface area contributed by atoms with E-state index in [1.807, 2.05) is 0 Å². The Morgan fingerprint density at radius 2 is 1.79 bits per heavy atom. The fourth-order valence-corrected chi connectivity index (χ4v) is 5.32. The maximum absolute atomic E-state index is 12.8. The number of amides is 1. The highest BCUT2D eigenvalue weighted by molar-refractivity contribution is 7.89. The molecule has 0 saturated carbocycles. The SMILES string of the molecule is COc1ccc(S(=O)(=O)N2CCCC2)cc1C(=O)NCCCN1CCN(C)CC1. The summed E-state index contributed by atoms with van der Waals surface area (Å²) in [7, 11) is 0.0315. The molecule has 162 valence electrons. The maximum Gasteiger partial charge on any atom is 0.255 e. The molecule has 1 amide bonds. The summed E-state index contributed by atoms with van der Waals surface area (Å²) in [6.07, 6.45) is 2.59. The second-order valence-electron chi connectivity index (χ2n) is 7.73. The summed E-state index contributed by atoms with van der Waals surface area (Å²) < 4.78 is 32.4. The Morgan fingerprint density at radius 3 is 2.45 bits per heavy atom. The molecule has 0 spiro atoms. The Kier molecular flexibility index (Phi) is 7.50. The van der Waals surface area contributed by atoms with Gasteiger partial charge in [0, 0.05) is 45.8 Å². The molecule has 0 atom stereocenters. The van der Waals surface area contributed by atoms with Crippen LogP contribution in [0.4, 0.5) is 0 Å². The largest absolute Gasteiger partial charge is 0.496 e. The minimum atomic E-state index is -3.58. The number of methoxy groups -OCH3 is 1. The summed E-state index contributed by atoms with van der Waals surface area (Å²) in [5, 5.41) is 2.91. The van der Waals surface area contributed by atoms with Gasteiger partial charge in [-0.15, -0.1) is 0 Å². The van der Waals surface area contributed by atoms with Crippen molar-refractivity contribution in [2.45, 2.75) is 24.2 Å². The molecule has 8 nitrogen and oxygen atoms in total. The van der Waals surface area contributed by atoms with Gasteiger partial charge in [-0.05, 0) is 51.1 Å². The molecule has 2 aliphatic rings. The molecule has 0 radical (unpaired) electrons. The normalized spacial score (nSPS) is 19.4. The molecule has 0 bridgehead atoms. The van der Waals surface area contributed by atoms with Crippen LogP contribution in [0.15, 0.2) is 23.1 Å². The third-order valence-electron chi connectivity index (χ3n) is 5.65. The predicted molar refractivity (Wildman–Crippen MR) is 112 cm³/mol. The van der Waals surface area contributed by atoms with Gasteiger partial charge in [0.15, 0.2) is 0 Å². The highest BCUT2D eigenvalue weighted by Gasteiger charge is 2.28. The first kappa shape index (κ1) is 22.0. The number of carbonyl (C=O) groups is 1. The van der Waals surface area contributed by atoms with E-state index in [0.29, 0.717) is 25.4 Å². The van der Waals surface area contributed by atoms with Crippen molar-refractivity contribution >= 4 is 15.9 Å². The van der Waals surface area contributed by atoms with Gasteiger partial charge in [-0.2, -0.15) is 4.31 Å². The van der Waals surface area contributed by atoms with Crippen molar-refractivity contribution < 1.29 is 17.9 Å². The van der Waals surface area contributed by atoms with E-state index in [0.717, 1.165) is 52.0 Å². The standard InChI is InChI=1S/C20H32N4O4S/c1-22-12-14-23(15-13-22)9-5-8-21-20(25)18-16-17(6-7-19(18)28-2)29(26,27)24-10-3-4-11-24/h6-7,16H,3-5,8-15H2,1-2H3,(H,21,25). The van der Waals surface area contributed by atoms with Crippen molar-refractivity contribution in [3.63, 3.8) is 0 Å². The van der Waals surface area contributed by atoms with E-state index in [9.17, 15) is 13.2 Å². The minimum absolute atomic E-state index is 0.141. The molecule has 3 rings (SSSR count). The zero-order valence-corrected chi connectivity index (χ0v) is 18.2. The third-order valence-corrected chi connectivity index (χ3v) is 7.55. The average molecular weight is 425 g/mol. The highest BCUT2D eigenvalue weighted by atomic mass is 32.2. The fourth-order valence-electron chi connectivity index (χ4n) is 3.77. The Morgan fingerprint density at radius 1 is 1.10 bits per heavy atom. The molecule has 0 aromatic heterocycles. The third kappa shape index (κ3) is 5.48. The lowest BCUT2D eigenvalue weighted by Gasteiger charge is -2.32. The fraction of sp³-hybridized carbons (Fsp3) is 0.650. The Labute approximate surface area is 173 Å². The number of likely N-dealkylation sites (N-methyl/N-ethyl adjacent to an activating group) is 1. The lowest BCUT2D eigenvalue weighted by atomic mass is 10.2. The van der Waals surface area contributed by atoms with Gasteiger partial charge in [-0.3, -0.25) is 4.79 Å². The van der Waals surface area contributed by atoms with E-state index in [2.05, 4.69) is 22.2 Å². The molecular formula is C20H32N4O4S. The molecule has 0 aliphatic carbocycles. The van der Waals surface area contributed by atoms with E-state index in [4.69, 9.17) is 4.74 Å². The van der Waals surface area contributed by atoms with E-state index in [-0.39, 0.29) is 16.4 Å². The van der Waals surface area contributed by atoms with Gasteiger partial charge in [-0.25, -0.2) is 8.42 Å². The highest BCUT2D eigenvalue weighted by Crippen LogP contribution is 2.26. The van der Waals surface area contributed by atoms with Crippen molar-refractivity contribution in [2.24, 2.45) is 0 Å². The molecule has 0 unspecified atom stereocenters. The second kappa shape index (κ2) is 9.88. The van der Waals surface area contributed by atoms with Crippen LogP contribution in [0.25, 0.3) is 0 Å². The van der Waals surface area contributed by atoms with E-state index in [1.165, 1.54) is 23.5 Å². The van der Waals surface area contributed by atoms with Gasteiger partial charge < -0.3 is 19.9 Å². The molecular weight excluding hydrogens is 392 g/mol. The van der Waals surface area contributed by atoms with Crippen LogP contribution in [0.5, 0.6) is 5.75 Å².